The molecule has 11 heavy (non-hydrogen) atoms. The largest absolute Gasteiger partial charge is 0.0693 e. The Balaban J connectivity index is 2.51. The van der Waals surface area contributed by atoms with E-state index < -0.39 is 16.1 Å². The molecule has 0 N–H and O–H groups in total. The van der Waals surface area contributed by atoms with Crippen molar-refractivity contribution in [2.75, 3.05) is 0 Å². The molecule has 0 aromatic carbocycles. The van der Waals surface area contributed by atoms with Crippen LogP contribution < -0.4 is 0 Å². The first-order chi connectivity index (χ1) is 4.73. The van der Waals surface area contributed by atoms with E-state index in [9.17, 15) is 0 Å². The van der Waals surface area contributed by atoms with Crippen molar-refractivity contribution >= 4 is 16.1 Å². The van der Waals surface area contributed by atoms with E-state index in [-0.39, 0.29) is 0 Å². The summed E-state index contributed by atoms with van der Waals surface area (Å²) >= 11 is 0. The number of hydrogen-bond donors (Lipinski definition) is 0. The second-order valence-electron chi connectivity index (χ2n) is 6.18. The maximum atomic E-state index is 2.53. The lowest BCUT2D eigenvalue weighted by atomic mass is 10.9. The van der Waals surface area contributed by atoms with E-state index >= 15 is 0 Å². The van der Waals surface area contributed by atoms with E-state index in [0.717, 1.165) is 0 Å². The van der Waals surface area contributed by atoms with Gasteiger partial charge in [-0.1, -0.05) is 45.7 Å². The van der Waals surface area contributed by atoms with E-state index in [4.69, 9.17) is 0 Å². The van der Waals surface area contributed by atoms with Gasteiger partial charge in [-0.05, 0) is 11.1 Å². The van der Waals surface area contributed by atoms with Gasteiger partial charge in [-0.25, -0.2) is 0 Å². The van der Waals surface area contributed by atoms with Crippen molar-refractivity contribution in [2.24, 2.45) is 0 Å². The molecule has 66 valence electrons. The topological polar surface area (TPSA) is 0 Å². The van der Waals surface area contributed by atoms with Crippen molar-refractivity contribution in [1.82, 2.24) is 0 Å². The molecule has 0 aliphatic heterocycles. The molecule has 0 unspecified atom stereocenters. The summed E-state index contributed by atoms with van der Waals surface area (Å²) in [7, 11) is -1.52. The summed E-state index contributed by atoms with van der Waals surface area (Å²) in [6, 6.07) is 0. The van der Waals surface area contributed by atoms with E-state index in [1.807, 2.05) is 0 Å². The Morgan fingerprint density at radius 1 is 0.727 bits per heavy atom. The Bertz CT molecular complexity index is 132. The molecule has 0 spiro atoms. The molecule has 1 aliphatic carbocycles. The molecule has 0 aromatic rings. The molecule has 0 bridgehead atoms. The second kappa shape index (κ2) is 2.46. The Morgan fingerprint density at radius 3 is 1.09 bits per heavy atom. The molecule has 0 heterocycles. The van der Waals surface area contributed by atoms with Gasteiger partial charge in [0.1, 0.15) is 0 Å². The lowest BCUT2D eigenvalue weighted by molar-refractivity contribution is 1.27. The highest BCUT2D eigenvalue weighted by molar-refractivity contribution is 6.85. The summed E-state index contributed by atoms with van der Waals surface area (Å²) in [5.41, 5.74) is 2.35. The molecular formula is C9H22Si2. The van der Waals surface area contributed by atoms with E-state index in [1.165, 1.54) is 11.1 Å². The zero-order valence-corrected chi connectivity index (χ0v) is 10.9. The van der Waals surface area contributed by atoms with Gasteiger partial charge in [0, 0.05) is 16.1 Å². The van der Waals surface area contributed by atoms with Crippen LogP contribution in [0.15, 0.2) is 0 Å². The van der Waals surface area contributed by atoms with Crippen LogP contribution in [0.5, 0.6) is 0 Å². The molecule has 0 saturated heterocycles. The van der Waals surface area contributed by atoms with Crippen LogP contribution in [0.2, 0.25) is 50.4 Å². The van der Waals surface area contributed by atoms with Gasteiger partial charge >= 0.3 is 0 Å². The molecule has 1 fully saturated rings. The highest BCUT2D eigenvalue weighted by atomic mass is 28.3. The molecule has 2 atom stereocenters. The molecule has 1 saturated carbocycles. The number of hydrogen-bond acceptors (Lipinski definition) is 0. The minimum atomic E-state index is -0.762. The van der Waals surface area contributed by atoms with Gasteiger partial charge in [-0.3, -0.25) is 0 Å². The van der Waals surface area contributed by atoms with Gasteiger partial charge in [0.25, 0.3) is 0 Å². The fraction of sp³-hybridized carbons (Fsp3) is 1.00. The van der Waals surface area contributed by atoms with Crippen LogP contribution >= 0.6 is 0 Å². The van der Waals surface area contributed by atoms with Gasteiger partial charge < -0.3 is 0 Å². The summed E-state index contributed by atoms with van der Waals surface area (Å²) in [4.78, 5) is 0. The van der Waals surface area contributed by atoms with Crippen molar-refractivity contribution in [3.8, 4) is 0 Å². The smallest absolute Gasteiger partial charge is 0.0473 e. The first-order valence-electron chi connectivity index (χ1n) is 4.73. The van der Waals surface area contributed by atoms with Crippen LogP contribution in [0, 0.1) is 0 Å². The predicted molar refractivity (Wildman–Crippen MR) is 58.8 cm³/mol. The van der Waals surface area contributed by atoms with E-state index in [2.05, 4.69) is 39.3 Å². The van der Waals surface area contributed by atoms with Crippen molar-refractivity contribution in [3.05, 3.63) is 0 Å². The van der Waals surface area contributed by atoms with Crippen LogP contribution in [0.3, 0.4) is 0 Å². The molecule has 1 aliphatic rings. The maximum Gasteiger partial charge on any atom is 0.0473 e. The van der Waals surface area contributed by atoms with Crippen LogP contribution in [0.1, 0.15) is 6.42 Å². The first kappa shape index (κ1) is 9.52. The molecule has 0 radical (unpaired) electrons. The third-order valence-corrected chi connectivity index (χ3v) is 9.07. The third-order valence-electron chi connectivity index (χ3n) is 3.02. The minimum absolute atomic E-state index is 0.762. The zero-order chi connectivity index (χ0) is 8.86. The molecule has 0 amide bonds. The Morgan fingerprint density at radius 2 is 1.00 bits per heavy atom. The van der Waals surface area contributed by atoms with Crippen LogP contribution in [-0.2, 0) is 0 Å². The average molecular weight is 186 g/mol. The van der Waals surface area contributed by atoms with Crippen molar-refractivity contribution in [2.45, 2.75) is 56.8 Å². The summed E-state index contributed by atoms with van der Waals surface area (Å²) < 4.78 is 0. The first-order valence-corrected chi connectivity index (χ1v) is 11.9. The predicted octanol–water partition coefficient (Wildman–Crippen LogP) is 3.81. The van der Waals surface area contributed by atoms with Crippen molar-refractivity contribution < 1.29 is 0 Å². The standard InChI is InChI=1S/C9H22Si2/c1-10(2,3)8-7-9(8)11(4,5)6/h8-9H,7H2,1-6H3/t8-,9-/m1/s1. The second-order valence-corrected chi connectivity index (χ2v) is 17.1. The lowest BCUT2D eigenvalue weighted by Gasteiger charge is -2.21. The quantitative estimate of drug-likeness (QED) is 0.575. The monoisotopic (exact) mass is 186 g/mol. The Labute approximate surface area is 73.4 Å². The van der Waals surface area contributed by atoms with Gasteiger partial charge in [0.05, 0.1) is 0 Å². The van der Waals surface area contributed by atoms with E-state index in [1.54, 1.807) is 6.42 Å². The van der Waals surface area contributed by atoms with E-state index in [0.29, 0.717) is 0 Å². The Kier molecular flexibility index (Phi) is 2.13. The Hall–Kier alpha value is 0.434. The van der Waals surface area contributed by atoms with Gasteiger partial charge in [0.2, 0.25) is 0 Å². The normalized spacial score (nSPS) is 32.2. The summed E-state index contributed by atoms with van der Waals surface area (Å²) in [5, 5.41) is 0. The molecule has 0 aromatic heterocycles. The van der Waals surface area contributed by atoms with Gasteiger partial charge in [0.15, 0.2) is 0 Å². The van der Waals surface area contributed by atoms with Crippen molar-refractivity contribution in [3.63, 3.8) is 0 Å². The number of rotatable bonds is 2. The molecule has 2 heteroatoms. The van der Waals surface area contributed by atoms with Crippen LogP contribution in [-0.4, -0.2) is 16.1 Å². The average Bonchev–Trinajstić information content (AvgIpc) is 2.30. The highest BCUT2D eigenvalue weighted by Gasteiger charge is 2.51. The van der Waals surface area contributed by atoms with Gasteiger partial charge in [-0.15, -0.1) is 0 Å². The molecule has 1 rings (SSSR count). The minimum Gasteiger partial charge on any atom is -0.0693 e. The summed E-state index contributed by atoms with van der Waals surface area (Å²) in [6.45, 7) is 15.2. The molecular weight excluding hydrogens is 164 g/mol. The zero-order valence-electron chi connectivity index (χ0n) is 8.86. The van der Waals surface area contributed by atoms with Gasteiger partial charge in [-0.2, -0.15) is 0 Å². The van der Waals surface area contributed by atoms with Crippen molar-refractivity contribution in [1.29, 1.82) is 0 Å². The fourth-order valence-corrected chi connectivity index (χ4v) is 9.68. The SMILES string of the molecule is C[Si](C)(C)[C@@H]1C[C@H]1[Si](C)(C)C. The lowest BCUT2D eigenvalue weighted by Crippen LogP contribution is -2.26. The third kappa shape index (κ3) is 2.18. The highest BCUT2D eigenvalue weighted by Crippen LogP contribution is 2.61. The van der Waals surface area contributed by atoms with Crippen LogP contribution in [0.4, 0.5) is 0 Å². The maximum absolute atomic E-state index is 2.53. The molecule has 0 nitrogen and oxygen atoms in total. The summed E-state index contributed by atoms with van der Waals surface area (Å²) in [6.07, 6.45) is 1.57. The van der Waals surface area contributed by atoms with Crippen LogP contribution in [0.25, 0.3) is 0 Å². The summed E-state index contributed by atoms with van der Waals surface area (Å²) in [5.74, 6) is 0. The fourth-order valence-electron chi connectivity index (χ4n) is 2.11.